The Balaban J connectivity index is 2.23. The third-order valence-electron chi connectivity index (χ3n) is 1.84. The molecule has 2 aromatic rings. The average Bonchev–Trinajstić information content (AvgIpc) is 2.67. The van der Waals surface area contributed by atoms with Crippen molar-refractivity contribution >= 4 is 6.29 Å². The number of hydrogen-bond donors (Lipinski definition) is 0. The normalized spacial score (nSPS) is 10.0. The zero-order chi connectivity index (χ0) is 9.80. The molecule has 0 aromatic carbocycles. The smallest absolute Gasteiger partial charge is 0.168 e. The molecule has 5 nitrogen and oxygen atoms in total. The molecule has 0 atom stereocenters. The second-order valence-corrected chi connectivity index (χ2v) is 2.76. The molecule has 2 heterocycles. The summed E-state index contributed by atoms with van der Waals surface area (Å²) in [5.41, 5.74) is 1.39. The highest BCUT2D eigenvalue weighted by atomic mass is 16.1. The Kier molecular flexibility index (Phi) is 2.31. The fourth-order valence-corrected chi connectivity index (χ4v) is 1.15. The molecule has 0 fully saturated rings. The lowest BCUT2D eigenvalue weighted by Gasteiger charge is -2.02. The predicted molar refractivity (Wildman–Crippen MR) is 48.7 cm³/mol. The number of aldehydes is 1. The fraction of sp³-hybridized carbons (Fsp3) is 0.111. The first-order valence-electron chi connectivity index (χ1n) is 4.10. The number of carbonyl (C=O) groups is 1. The minimum atomic E-state index is 0.538. The highest BCUT2D eigenvalue weighted by molar-refractivity contribution is 5.71. The lowest BCUT2D eigenvalue weighted by atomic mass is 10.4. The van der Waals surface area contributed by atoms with Crippen molar-refractivity contribution in [3.05, 3.63) is 42.5 Å². The summed E-state index contributed by atoms with van der Waals surface area (Å²) in [6.07, 6.45) is 7.04. The van der Waals surface area contributed by atoms with E-state index in [4.69, 9.17) is 0 Å². The molecule has 0 saturated heterocycles. The van der Waals surface area contributed by atoms with E-state index in [9.17, 15) is 4.79 Å². The molecule has 0 amide bonds. The molecule has 0 aliphatic rings. The predicted octanol–water partition coefficient (Wildman–Crippen LogP) is 0.534. The molecule has 0 aliphatic carbocycles. The number of rotatable bonds is 3. The first-order valence-corrected chi connectivity index (χ1v) is 4.10. The van der Waals surface area contributed by atoms with Crippen LogP contribution in [0, 0.1) is 0 Å². The molecule has 2 aromatic heterocycles. The van der Waals surface area contributed by atoms with Crippen LogP contribution in [0.2, 0.25) is 0 Å². The van der Waals surface area contributed by atoms with E-state index in [1.165, 1.54) is 12.5 Å². The van der Waals surface area contributed by atoms with Gasteiger partial charge in [0.1, 0.15) is 12.0 Å². The van der Waals surface area contributed by atoms with Gasteiger partial charge in [-0.2, -0.15) is 0 Å². The molecule has 14 heavy (non-hydrogen) atoms. The van der Waals surface area contributed by atoms with Gasteiger partial charge in [-0.25, -0.2) is 15.0 Å². The van der Waals surface area contributed by atoms with Gasteiger partial charge < -0.3 is 4.57 Å². The minimum absolute atomic E-state index is 0.538. The standard InChI is InChI=1S/C9H8N4O/c14-5-9-3-11-7-13(9)4-8-1-2-10-6-12-8/h1-3,5-7H,4H2. The van der Waals surface area contributed by atoms with Gasteiger partial charge in [-0.3, -0.25) is 4.79 Å². The summed E-state index contributed by atoms with van der Waals surface area (Å²) in [6.45, 7) is 0.538. The third kappa shape index (κ3) is 1.66. The first-order chi connectivity index (χ1) is 6.90. The van der Waals surface area contributed by atoms with E-state index >= 15 is 0 Å². The molecular formula is C9H8N4O. The summed E-state index contributed by atoms with van der Waals surface area (Å²) < 4.78 is 1.73. The van der Waals surface area contributed by atoms with E-state index in [2.05, 4.69) is 15.0 Å². The molecule has 2 rings (SSSR count). The molecular weight excluding hydrogens is 180 g/mol. The second-order valence-electron chi connectivity index (χ2n) is 2.76. The van der Waals surface area contributed by atoms with E-state index in [-0.39, 0.29) is 0 Å². The van der Waals surface area contributed by atoms with Crippen molar-refractivity contribution < 1.29 is 4.79 Å². The first kappa shape index (κ1) is 8.55. The summed E-state index contributed by atoms with van der Waals surface area (Å²) in [6, 6.07) is 1.80. The van der Waals surface area contributed by atoms with Gasteiger partial charge in [0.15, 0.2) is 6.29 Å². The van der Waals surface area contributed by atoms with Crippen LogP contribution in [0.3, 0.4) is 0 Å². The fourth-order valence-electron chi connectivity index (χ4n) is 1.15. The SMILES string of the molecule is O=Cc1cncn1Cc1ccncn1. The van der Waals surface area contributed by atoms with Gasteiger partial charge in [-0.05, 0) is 6.07 Å². The molecule has 0 unspecified atom stereocenters. The monoisotopic (exact) mass is 188 g/mol. The third-order valence-corrected chi connectivity index (χ3v) is 1.84. The van der Waals surface area contributed by atoms with E-state index in [0.717, 1.165) is 12.0 Å². The minimum Gasteiger partial charge on any atom is -0.322 e. The number of carbonyl (C=O) groups excluding carboxylic acids is 1. The number of imidazole rings is 1. The van der Waals surface area contributed by atoms with Crippen LogP contribution in [0.15, 0.2) is 31.1 Å². The van der Waals surface area contributed by atoms with E-state index in [1.807, 2.05) is 0 Å². The van der Waals surface area contributed by atoms with Crippen molar-refractivity contribution in [1.29, 1.82) is 0 Å². The van der Waals surface area contributed by atoms with Crippen LogP contribution in [0.5, 0.6) is 0 Å². The van der Waals surface area contributed by atoms with Gasteiger partial charge in [0.2, 0.25) is 0 Å². The van der Waals surface area contributed by atoms with Crippen molar-refractivity contribution in [3.63, 3.8) is 0 Å². The van der Waals surface area contributed by atoms with Crippen LogP contribution in [-0.2, 0) is 6.54 Å². The van der Waals surface area contributed by atoms with Crippen LogP contribution in [-0.4, -0.2) is 25.8 Å². The van der Waals surface area contributed by atoms with Crippen molar-refractivity contribution in [1.82, 2.24) is 19.5 Å². The van der Waals surface area contributed by atoms with E-state index in [0.29, 0.717) is 12.2 Å². The van der Waals surface area contributed by atoms with Crippen molar-refractivity contribution in [2.75, 3.05) is 0 Å². The largest absolute Gasteiger partial charge is 0.322 e. The number of nitrogens with zero attached hydrogens (tertiary/aromatic N) is 4. The zero-order valence-corrected chi connectivity index (χ0v) is 7.37. The molecule has 5 heteroatoms. The van der Waals surface area contributed by atoms with Gasteiger partial charge in [0.25, 0.3) is 0 Å². The van der Waals surface area contributed by atoms with Crippen LogP contribution in [0.1, 0.15) is 16.2 Å². The Labute approximate surface area is 80.5 Å². The maximum absolute atomic E-state index is 10.6. The Morgan fingerprint density at radius 3 is 3.07 bits per heavy atom. The maximum atomic E-state index is 10.6. The molecule has 70 valence electrons. The van der Waals surface area contributed by atoms with Crippen molar-refractivity contribution in [2.24, 2.45) is 0 Å². The van der Waals surface area contributed by atoms with Crippen LogP contribution >= 0.6 is 0 Å². The van der Waals surface area contributed by atoms with E-state index < -0.39 is 0 Å². The molecule has 0 N–H and O–H groups in total. The summed E-state index contributed by atoms with van der Waals surface area (Å²) in [5, 5.41) is 0. The van der Waals surface area contributed by atoms with Crippen molar-refractivity contribution in [2.45, 2.75) is 6.54 Å². The Morgan fingerprint density at radius 2 is 2.36 bits per heavy atom. The Hall–Kier alpha value is -2.04. The van der Waals surface area contributed by atoms with Crippen molar-refractivity contribution in [3.8, 4) is 0 Å². The van der Waals surface area contributed by atoms with Gasteiger partial charge in [0, 0.05) is 6.20 Å². The average molecular weight is 188 g/mol. The summed E-state index contributed by atoms with van der Waals surface area (Å²) in [7, 11) is 0. The quantitative estimate of drug-likeness (QED) is 0.659. The van der Waals surface area contributed by atoms with Crippen LogP contribution in [0.4, 0.5) is 0 Å². The lowest BCUT2D eigenvalue weighted by molar-refractivity contribution is 0.111. The molecule has 0 aliphatic heterocycles. The Morgan fingerprint density at radius 1 is 1.43 bits per heavy atom. The Bertz CT molecular complexity index is 423. The second kappa shape index (κ2) is 3.78. The molecule has 0 saturated carbocycles. The summed E-state index contributed by atoms with van der Waals surface area (Å²) in [4.78, 5) is 22.3. The molecule has 0 bridgehead atoms. The van der Waals surface area contributed by atoms with Gasteiger partial charge in [-0.15, -0.1) is 0 Å². The highest BCUT2D eigenvalue weighted by Gasteiger charge is 2.01. The van der Waals surface area contributed by atoms with Gasteiger partial charge in [0.05, 0.1) is 24.8 Å². The van der Waals surface area contributed by atoms with Gasteiger partial charge in [-0.1, -0.05) is 0 Å². The molecule has 0 spiro atoms. The number of hydrogen-bond acceptors (Lipinski definition) is 4. The van der Waals surface area contributed by atoms with Crippen LogP contribution in [0.25, 0.3) is 0 Å². The van der Waals surface area contributed by atoms with Crippen LogP contribution < -0.4 is 0 Å². The summed E-state index contributed by atoms with van der Waals surface area (Å²) >= 11 is 0. The molecule has 0 radical (unpaired) electrons. The van der Waals surface area contributed by atoms with Gasteiger partial charge >= 0.3 is 0 Å². The summed E-state index contributed by atoms with van der Waals surface area (Å²) in [5.74, 6) is 0. The van der Waals surface area contributed by atoms with E-state index in [1.54, 1.807) is 23.2 Å². The highest BCUT2D eigenvalue weighted by Crippen LogP contribution is 2.00. The zero-order valence-electron chi connectivity index (χ0n) is 7.37. The maximum Gasteiger partial charge on any atom is 0.168 e. The number of aromatic nitrogens is 4. The topological polar surface area (TPSA) is 60.7 Å². The lowest BCUT2D eigenvalue weighted by Crippen LogP contribution is -2.03.